The van der Waals surface area contributed by atoms with E-state index < -0.39 is 9.84 Å². The lowest BCUT2D eigenvalue weighted by atomic mass is 10.3. The lowest BCUT2D eigenvalue weighted by Crippen LogP contribution is -2.08. The van der Waals surface area contributed by atoms with Crippen LogP contribution in [0.4, 0.5) is 5.69 Å². The molecule has 0 spiro atoms. The zero-order chi connectivity index (χ0) is 12.2. The van der Waals surface area contributed by atoms with Crippen molar-refractivity contribution in [1.82, 2.24) is 0 Å². The van der Waals surface area contributed by atoms with Gasteiger partial charge in [0.1, 0.15) is 0 Å². The maximum Gasteiger partial charge on any atom is 0.179 e. The van der Waals surface area contributed by atoms with Crippen LogP contribution < -0.4 is 5.73 Å². The van der Waals surface area contributed by atoms with Crippen LogP contribution in [0, 0.1) is 0 Å². The Morgan fingerprint density at radius 3 is 2.69 bits per heavy atom. The quantitative estimate of drug-likeness (QED) is 0.668. The number of benzene rings is 1. The van der Waals surface area contributed by atoms with Crippen molar-refractivity contribution in [3.8, 4) is 0 Å². The summed E-state index contributed by atoms with van der Waals surface area (Å²) < 4.78 is 24.5. The molecular formula is C10H14BrNO2S2. The highest BCUT2D eigenvalue weighted by Gasteiger charge is 2.17. The molecule has 0 aliphatic heterocycles. The fourth-order valence-electron chi connectivity index (χ4n) is 1.27. The molecule has 0 bridgehead atoms. The van der Waals surface area contributed by atoms with Crippen LogP contribution in [0.2, 0.25) is 0 Å². The van der Waals surface area contributed by atoms with E-state index in [1.54, 1.807) is 30.0 Å². The van der Waals surface area contributed by atoms with E-state index in [2.05, 4.69) is 15.9 Å². The minimum Gasteiger partial charge on any atom is -0.399 e. The van der Waals surface area contributed by atoms with Gasteiger partial charge in [0.25, 0.3) is 0 Å². The van der Waals surface area contributed by atoms with Crippen molar-refractivity contribution in [2.45, 2.75) is 11.3 Å². The van der Waals surface area contributed by atoms with Gasteiger partial charge in [0.15, 0.2) is 9.84 Å². The molecule has 0 aromatic heterocycles. The van der Waals surface area contributed by atoms with Crippen LogP contribution in [-0.2, 0) is 9.84 Å². The van der Waals surface area contributed by atoms with Gasteiger partial charge in [-0.05, 0) is 52.6 Å². The van der Waals surface area contributed by atoms with Gasteiger partial charge in [0, 0.05) is 10.2 Å². The molecule has 0 saturated heterocycles. The standard InChI is InChI=1S/C10H14BrNO2S2/c1-15-5-2-6-16(13,14)10-4-3-8(12)7-9(10)11/h3-4,7H,2,5-6,12H2,1H3. The summed E-state index contributed by atoms with van der Waals surface area (Å²) in [7, 11) is -3.20. The molecule has 0 saturated carbocycles. The molecule has 0 aliphatic carbocycles. The number of hydrogen-bond donors (Lipinski definition) is 1. The lowest BCUT2D eigenvalue weighted by molar-refractivity contribution is 0.594. The SMILES string of the molecule is CSCCCS(=O)(=O)c1ccc(N)cc1Br. The number of rotatable bonds is 5. The molecule has 2 N–H and O–H groups in total. The topological polar surface area (TPSA) is 60.2 Å². The van der Waals surface area contributed by atoms with Crippen LogP contribution in [0.15, 0.2) is 27.6 Å². The Balaban J connectivity index is 2.90. The van der Waals surface area contributed by atoms with E-state index in [0.717, 1.165) is 5.75 Å². The monoisotopic (exact) mass is 323 g/mol. The molecule has 0 unspecified atom stereocenters. The first-order valence-electron chi connectivity index (χ1n) is 4.74. The zero-order valence-corrected chi connectivity index (χ0v) is 12.2. The van der Waals surface area contributed by atoms with Crippen LogP contribution in [0.3, 0.4) is 0 Å². The van der Waals surface area contributed by atoms with E-state index in [9.17, 15) is 8.42 Å². The minimum atomic E-state index is -3.20. The fourth-order valence-corrected chi connectivity index (χ4v) is 4.40. The summed E-state index contributed by atoms with van der Waals surface area (Å²) in [4.78, 5) is 0.322. The van der Waals surface area contributed by atoms with E-state index in [0.29, 0.717) is 21.5 Å². The molecule has 0 amide bonds. The molecule has 1 aromatic rings. The molecule has 0 heterocycles. The Hall–Kier alpha value is -0.200. The molecule has 1 rings (SSSR count). The molecule has 16 heavy (non-hydrogen) atoms. The third-order valence-corrected chi connectivity index (χ3v) is 5.52. The van der Waals surface area contributed by atoms with Gasteiger partial charge in [-0.1, -0.05) is 0 Å². The Bertz CT molecular complexity index is 460. The van der Waals surface area contributed by atoms with E-state index in [1.165, 1.54) is 0 Å². The second-order valence-corrected chi connectivity index (χ2v) is 7.27. The van der Waals surface area contributed by atoms with Crippen molar-refractivity contribution in [1.29, 1.82) is 0 Å². The molecule has 6 heteroatoms. The van der Waals surface area contributed by atoms with Crippen LogP contribution in [0.5, 0.6) is 0 Å². The van der Waals surface area contributed by atoms with Crippen LogP contribution in [0.25, 0.3) is 0 Å². The molecule has 0 aliphatic rings. The predicted molar refractivity (Wildman–Crippen MR) is 73.6 cm³/mol. The van der Waals surface area contributed by atoms with Crippen molar-refractivity contribution in [2.24, 2.45) is 0 Å². The largest absolute Gasteiger partial charge is 0.399 e. The van der Waals surface area contributed by atoms with E-state index >= 15 is 0 Å². The van der Waals surface area contributed by atoms with Gasteiger partial charge in [-0.15, -0.1) is 0 Å². The van der Waals surface area contributed by atoms with Gasteiger partial charge in [-0.2, -0.15) is 11.8 Å². The van der Waals surface area contributed by atoms with Gasteiger partial charge in [0.2, 0.25) is 0 Å². The van der Waals surface area contributed by atoms with Gasteiger partial charge in [-0.3, -0.25) is 0 Å². The summed E-state index contributed by atoms with van der Waals surface area (Å²) in [6.45, 7) is 0. The molecule has 0 radical (unpaired) electrons. The first kappa shape index (κ1) is 13.9. The van der Waals surface area contributed by atoms with Crippen LogP contribution in [0.1, 0.15) is 6.42 Å². The number of anilines is 1. The summed E-state index contributed by atoms with van der Waals surface area (Å²) >= 11 is 4.88. The van der Waals surface area contributed by atoms with Crippen LogP contribution >= 0.6 is 27.7 Å². The number of nitrogens with two attached hydrogens (primary N) is 1. The first-order valence-corrected chi connectivity index (χ1v) is 8.58. The smallest absolute Gasteiger partial charge is 0.179 e. The minimum absolute atomic E-state index is 0.177. The average Bonchev–Trinajstić information content (AvgIpc) is 2.17. The number of hydrogen-bond acceptors (Lipinski definition) is 4. The summed E-state index contributed by atoms with van der Waals surface area (Å²) in [5, 5.41) is 0. The first-order chi connectivity index (χ1) is 7.47. The second kappa shape index (κ2) is 5.93. The Labute approximate surface area is 109 Å². The zero-order valence-electron chi connectivity index (χ0n) is 8.94. The van der Waals surface area contributed by atoms with Gasteiger partial charge in [0.05, 0.1) is 10.6 Å². The van der Waals surface area contributed by atoms with Crippen molar-refractivity contribution < 1.29 is 8.42 Å². The number of halogens is 1. The number of sulfone groups is 1. The van der Waals surface area contributed by atoms with Gasteiger partial charge < -0.3 is 5.73 Å². The summed E-state index contributed by atoms with van der Waals surface area (Å²) in [5.74, 6) is 1.03. The molecular weight excluding hydrogens is 310 g/mol. The third-order valence-electron chi connectivity index (χ3n) is 2.05. The molecule has 3 nitrogen and oxygen atoms in total. The second-order valence-electron chi connectivity index (χ2n) is 3.36. The Morgan fingerprint density at radius 2 is 2.12 bits per heavy atom. The van der Waals surface area contributed by atoms with Crippen molar-refractivity contribution in [3.63, 3.8) is 0 Å². The van der Waals surface area contributed by atoms with Crippen molar-refractivity contribution in [3.05, 3.63) is 22.7 Å². The van der Waals surface area contributed by atoms with E-state index in [4.69, 9.17) is 5.73 Å². The van der Waals surface area contributed by atoms with Gasteiger partial charge in [-0.25, -0.2) is 8.42 Å². The lowest BCUT2D eigenvalue weighted by Gasteiger charge is -2.06. The van der Waals surface area contributed by atoms with E-state index in [1.807, 2.05) is 6.26 Å². The normalized spacial score (nSPS) is 11.6. The van der Waals surface area contributed by atoms with Crippen molar-refractivity contribution in [2.75, 3.05) is 23.5 Å². The summed E-state index contributed by atoms with van der Waals surface area (Å²) in [5.41, 5.74) is 6.12. The van der Waals surface area contributed by atoms with Crippen molar-refractivity contribution >= 4 is 43.2 Å². The number of thioether (sulfide) groups is 1. The summed E-state index contributed by atoms with van der Waals surface area (Å²) in [6, 6.07) is 4.77. The molecule has 1 aromatic carbocycles. The maximum absolute atomic E-state index is 12.0. The molecule has 0 fully saturated rings. The highest BCUT2D eigenvalue weighted by atomic mass is 79.9. The third kappa shape index (κ3) is 3.68. The number of nitrogen functional groups attached to an aromatic ring is 1. The molecule has 0 atom stereocenters. The van der Waals surface area contributed by atoms with E-state index in [-0.39, 0.29) is 5.75 Å². The highest BCUT2D eigenvalue weighted by molar-refractivity contribution is 9.10. The summed E-state index contributed by atoms with van der Waals surface area (Å²) in [6.07, 6.45) is 2.63. The van der Waals surface area contributed by atoms with Crippen LogP contribution in [-0.4, -0.2) is 26.2 Å². The Morgan fingerprint density at radius 1 is 1.44 bits per heavy atom. The maximum atomic E-state index is 12.0. The average molecular weight is 324 g/mol. The molecule has 90 valence electrons. The Kier molecular flexibility index (Phi) is 5.14. The predicted octanol–water partition coefficient (Wildman–Crippen LogP) is 2.56. The highest BCUT2D eigenvalue weighted by Crippen LogP contribution is 2.25. The van der Waals surface area contributed by atoms with Gasteiger partial charge >= 0.3 is 0 Å². The fraction of sp³-hybridized carbons (Fsp3) is 0.400.